The topological polar surface area (TPSA) is 29.1 Å². The molecule has 0 fully saturated rings. The molecule has 0 aromatic carbocycles. The fourth-order valence-electron chi connectivity index (χ4n) is 1.01. The Bertz CT molecular complexity index is 349. The minimum atomic E-state index is -0.0831. The molecule has 0 spiro atoms. The monoisotopic (exact) mass is 209 g/mol. The third-order valence-electron chi connectivity index (χ3n) is 1.64. The quantitative estimate of drug-likeness (QED) is 0.451. The first-order chi connectivity index (χ1) is 6.55. The van der Waals surface area contributed by atoms with E-state index in [2.05, 4.69) is 11.3 Å². The Morgan fingerprint density at radius 1 is 1.71 bits per heavy atom. The van der Waals surface area contributed by atoms with Gasteiger partial charge < -0.3 is 0 Å². The van der Waals surface area contributed by atoms with Crippen molar-refractivity contribution in [2.24, 2.45) is 0 Å². The van der Waals surface area contributed by atoms with E-state index in [0.717, 1.165) is 0 Å². The number of thiophene rings is 1. The van der Waals surface area contributed by atoms with E-state index in [1.807, 2.05) is 25.5 Å². The van der Waals surface area contributed by atoms with Crippen molar-refractivity contribution in [1.82, 2.24) is 5.43 Å². The van der Waals surface area contributed by atoms with E-state index in [0.29, 0.717) is 16.0 Å². The van der Waals surface area contributed by atoms with Gasteiger partial charge in [-0.3, -0.25) is 4.79 Å². The molecule has 3 nitrogen and oxygen atoms in total. The van der Waals surface area contributed by atoms with Crippen molar-refractivity contribution < 1.29 is 9.39 Å². The number of hydrogen-bond donors (Lipinski definition) is 1. The van der Waals surface area contributed by atoms with Crippen molar-refractivity contribution in [3.05, 3.63) is 22.4 Å². The maximum atomic E-state index is 11.6. The lowest BCUT2D eigenvalue weighted by Crippen LogP contribution is -2.54. The highest BCUT2D eigenvalue weighted by Gasteiger charge is 2.18. The highest BCUT2D eigenvalue weighted by Crippen LogP contribution is 2.08. The van der Waals surface area contributed by atoms with E-state index in [-0.39, 0.29) is 5.91 Å². The number of hydrogen-bond acceptors (Lipinski definition) is 2. The molecule has 0 saturated carbocycles. The lowest BCUT2D eigenvalue weighted by atomic mass is 10.4. The van der Waals surface area contributed by atoms with Crippen molar-refractivity contribution >= 4 is 17.2 Å². The second kappa shape index (κ2) is 4.27. The van der Waals surface area contributed by atoms with E-state index in [1.54, 1.807) is 6.07 Å². The van der Waals surface area contributed by atoms with Gasteiger partial charge in [0.2, 0.25) is 0 Å². The van der Waals surface area contributed by atoms with E-state index in [4.69, 9.17) is 6.42 Å². The number of amides is 1. The third-order valence-corrected chi connectivity index (χ3v) is 2.50. The fourth-order valence-corrected chi connectivity index (χ4v) is 1.62. The summed E-state index contributed by atoms with van der Waals surface area (Å²) in [4.78, 5) is 12.3. The Hall–Kier alpha value is -1.31. The molecule has 1 aromatic rings. The standard InChI is InChI=1S/C10H12N2OS/c1-4-7-12(2,3)11-10(13)9-6-5-8-14-9/h1,5-6,8H,7H2,2-3H3/p+1. The molecule has 0 aliphatic rings. The Morgan fingerprint density at radius 2 is 2.43 bits per heavy atom. The van der Waals surface area contributed by atoms with Gasteiger partial charge in [-0.05, 0) is 17.4 Å². The van der Waals surface area contributed by atoms with Gasteiger partial charge in [-0.25, -0.2) is 4.59 Å². The van der Waals surface area contributed by atoms with Crippen molar-refractivity contribution in [2.75, 3.05) is 20.6 Å². The molecule has 74 valence electrons. The first-order valence-corrected chi connectivity index (χ1v) is 5.06. The van der Waals surface area contributed by atoms with Crippen LogP contribution in [0.3, 0.4) is 0 Å². The zero-order valence-corrected chi connectivity index (χ0v) is 9.10. The van der Waals surface area contributed by atoms with Gasteiger partial charge in [0, 0.05) is 0 Å². The van der Waals surface area contributed by atoms with E-state index in [1.165, 1.54) is 11.3 Å². The van der Waals surface area contributed by atoms with Gasteiger partial charge in [-0.1, -0.05) is 6.07 Å². The minimum absolute atomic E-state index is 0.0831. The molecule has 1 heterocycles. The van der Waals surface area contributed by atoms with Gasteiger partial charge >= 0.3 is 5.91 Å². The van der Waals surface area contributed by atoms with Crippen LogP contribution in [0.15, 0.2) is 17.5 Å². The smallest absolute Gasteiger partial charge is 0.263 e. The summed E-state index contributed by atoms with van der Waals surface area (Å²) in [6.45, 7) is 0.469. The molecule has 1 N–H and O–H groups in total. The zero-order chi connectivity index (χ0) is 10.6. The van der Waals surface area contributed by atoms with Gasteiger partial charge in [0.15, 0.2) is 6.54 Å². The molecule has 14 heavy (non-hydrogen) atoms. The first-order valence-electron chi connectivity index (χ1n) is 4.18. The van der Waals surface area contributed by atoms with Gasteiger partial charge in [0.25, 0.3) is 0 Å². The number of carbonyl (C=O) groups excluding carboxylic acids is 1. The summed E-state index contributed by atoms with van der Waals surface area (Å²) in [6.07, 6.45) is 5.19. The van der Waals surface area contributed by atoms with Crippen molar-refractivity contribution in [3.63, 3.8) is 0 Å². The van der Waals surface area contributed by atoms with Gasteiger partial charge in [0.1, 0.15) is 0 Å². The van der Waals surface area contributed by atoms with Crippen LogP contribution in [0, 0.1) is 12.3 Å². The normalized spacial score (nSPS) is 10.6. The summed E-state index contributed by atoms with van der Waals surface area (Å²) in [6, 6.07) is 3.64. The number of nitrogens with one attached hydrogen (secondary N) is 1. The van der Waals surface area contributed by atoms with Crippen LogP contribution in [-0.2, 0) is 0 Å². The largest absolute Gasteiger partial charge is 0.306 e. The van der Waals surface area contributed by atoms with Crippen LogP contribution in [0.1, 0.15) is 9.67 Å². The minimum Gasteiger partial charge on any atom is -0.263 e. The Balaban J connectivity index is 2.62. The summed E-state index contributed by atoms with van der Waals surface area (Å²) < 4.78 is 0.299. The van der Waals surface area contributed by atoms with Crippen molar-refractivity contribution in [2.45, 2.75) is 0 Å². The Labute approximate surface area is 87.9 Å². The highest BCUT2D eigenvalue weighted by atomic mass is 32.1. The van der Waals surface area contributed by atoms with Gasteiger partial charge in [-0.2, -0.15) is 5.43 Å². The van der Waals surface area contributed by atoms with Crippen LogP contribution in [-0.4, -0.2) is 31.1 Å². The maximum Gasteiger partial charge on any atom is 0.306 e. The number of quaternary nitrogens is 1. The summed E-state index contributed by atoms with van der Waals surface area (Å²) in [7, 11) is 3.71. The molecule has 0 aliphatic carbocycles. The molecule has 1 amide bonds. The summed E-state index contributed by atoms with van der Waals surface area (Å²) >= 11 is 1.42. The van der Waals surface area contributed by atoms with Crippen LogP contribution >= 0.6 is 11.3 Å². The lowest BCUT2D eigenvalue weighted by molar-refractivity contribution is -0.917. The molecule has 1 rings (SSSR count). The van der Waals surface area contributed by atoms with Crippen LogP contribution < -0.4 is 5.43 Å². The third kappa shape index (κ3) is 2.87. The molecule has 0 saturated heterocycles. The first kappa shape index (κ1) is 10.8. The molecule has 0 bridgehead atoms. The number of nitrogens with zero attached hydrogens (tertiary/aromatic N) is 1. The average Bonchev–Trinajstić information content (AvgIpc) is 2.53. The molecule has 0 unspecified atom stereocenters. The molecule has 0 radical (unpaired) electrons. The average molecular weight is 209 g/mol. The Morgan fingerprint density at radius 3 is 2.93 bits per heavy atom. The highest BCUT2D eigenvalue weighted by molar-refractivity contribution is 7.12. The molecule has 0 atom stereocenters. The van der Waals surface area contributed by atoms with Gasteiger partial charge in [-0.15, -0.1) is 17.8 Å². The summed E-state index contributed by atoms with van der Waals surface area (Å²) in [5.74, 6) is 2.44. The van der Waals surface area contributed by atoms with Crippen LogP contribution in [0.2, 0.25) is 0 Å². The molecular formula is C10H13N2OS+. The van der Waals surface area contributed by atoms with Crippen molar-refractivity contribution in [1.29, 1.82) is 0 Å². The van der Waals surface area contributed by atoms with Crippen molar-refractivity contribution in [3.8, 4) is 12.3 Å². The number of rotatable bonds is 3. The van der Waals surface area contributed by atoms with Gasteiger partial charge in [0.05, 0.1) is 19.0 Å². The van der Waals surface area contributed by atoms with Crippen LogP contribution in [0.25, 0.3) is 0 Å². The Kier molecular flexibility index (Phi) is 3.28. The molecular weight excluding hydrogens is 196 g/mol. The SMILES string of the molecule is C#CC[N+](C)(C)NC(=O)c1cccs1. The second-order valence-electron chi connectivity index (χ2n) is 3.47. The lowest BCUT2D eigenvalue weighted by Gasteiger charge is -2.26. The number of carbonyl (C=O) groups is 1. The zero-order valence-electron chi connectivity index (χ0n) is 8.28. The van der Waals surface area contributed by atoms with E-state index < -0.39 is 0 Å². The van der Waals surface area contributed by atoms with Crippen LogP contribution in [0.4, 0.5) is 0 Å². The predicted octanol–water partition coefficient (Wildman–Crippen LogP) is 1.10. The molecule has 1 aromatic heterocycles. The number of terminal acetylenes is 1. The van der Waals surface area contributed by atoms with E-state index in [9.17, 15) is 4.79 Å². The molecule has 4 heteroatoms. The predicted molar refractivity (Wildman–Crippen MR) is 57.6 cm³/mol. The van der Waals surface area contributed by atoms with E-state index >= 15 is 0 Å². The molecule has 0 aliphatic heterocycles. The second-order valence-corrected chi connectivity index (χ2v) is 4.41. The van der Waals surface area contributed by atoms with Crippen LogP contribution in [0.5, 0.6) is 0 Å². The maximum absolute atomic E-state index is 11.6. The fraction of sp³-hybridized carbons (Fsp3) is 0.300. The summed E-state index contributed by atoms with van der Waals surface area (Å²) in [5.41, 5.74) is 2.83. The summed E-state index contributed by atoms with van der Waals surface area (Å²) in [5, 5.41) is 1.87.